The zero-order valence-electron chi connectivity index (χ0n) is 10.9. The van der Waals surface area contributed by atoms with Crippen LogP contribution in [0, 0.1) is 5.92 Å². The molecule has 0 amide bonds. The second-order valence-electron chi connectivity index (χ2n) is 4.55. The van der Waals surface area contributed by atoms with Gasteiger partial charge < -0.3 is 14.2 Å². The molecule has 1 aromatic rings. The van der Waals surface area contributed by atoms with Crippen LogP contribution < -0.4 is 0 Å². The average Bonchev–Trinajstić information content (AvgIpc) is 2.73. The molecule has 1 fully saturated rings. The van der Waals surface area contributed by atoms with E-state index in [1.54, 1.807) is 37.3 Å². The van der Waals surface area contributed by atoms with Gasteiger partial charge in [0.15, 0.2) is 6.29 Å². The van der Waals surface area contributed by atoms with Gasteiger partial charge in [-0.05, 0) is 12.1 Å². The van der Waals surface area contributed by atoms with Crippen LogP contribution in [0.15, 0.2) is 30.3 Å². The summed E-state index contributed by atoms with van der Waals surface area (Å²) in [7, 11) is 1.46. The molecule has 1 heterocycles. The van der Waals surface area contributed by atoms with Crippen molar-refractivity contribution in [3.05, 3.63) is 35.9 Å². The Kier molecular flexibility index (Phi) is 4.50. The van der Waals surface area contributed by atoms with E-state index in [0.717, 1.165) is 0 Å². The Morgan fingerprint density at radius 2 is 2.05 bits per heavy atom. The largest absolute Gasteiger partial charge is 0.459 e. The Balaban J connectivity index is 1.88. The smallest absolute Gasteiger partial charge is 0.338 e. The monoisotopic (exact) mass is 268 g/mol. The Morgan fingerprint density at radius 3 is 2.63 bits per heavy atom. The summed E-state index contributed by atoms with van der Waals surface area (Å²) in [5.41, 5.74) is 0.437. The maximum atomic E-state index is 13.9. The number of methoxy groups -OCH3 is 1. The topological polar surface area (TPSA) is 44.8 Å². The van der Waals surface area contributed by atoms with Crippen molar-refractivity contribution in [1.82, 2.24) is 0 Å². The summed E-state index contributed by atoms with van der Waals surface area (Å²) >= 11 is 0. The summed E-state index contributed by atoms with van der Waals surface area (Å²) in [4.78, 5) is 11.7. The normalized spacial score (nSPS) is 30.3. The van der Waals surface area contributed by atoms with E-state index >= 15 is 0 Å². The number of hydrogen-bond donors (Lipinski definition) is 0. The first-order chi connectivity index (χ1) is 9.13. The predicted octanol–water partition coefficient (Wildman–Crippen LogP) is 2.19. The molecule has 1 saturated heterocycles. The molecule has 0 aromatic heterocycles. The minimum absolute atomic E-state index is 0.112. The molecule has 19 heavy (non-hydrogen) atoms. The Bertz CT molecular complexity index is 423. The summed E-state index contributed by atoms with van der Waals surface area (Å²) in [6.07, 6.45) is -2.56. The van der Waals surface area contributed by atoms with Crippen LogP contribution in [0.2, 0.25) is 0 Å². The van der Waals surface area contributed by atoms with Crippen LogP contribution in [0.25, 0.3) is 0 Å². The van der Waals surface area contributed by atoms with Crippen LogP contribution in [-0.2, 0) is 14.2 Å². The molecule has 0 N–H and O–H groups in total. The van der Waals surface area contributed by atoms with Crippen molar-refractivity contribution < 1.29 is 23.4 Å². The van der Waals surface area contributed by atoms with Crippen LogP contribution in [0.3, 0.4) is 0 Å². The molecule has 0 radical (unpaired) electrons. The maximum absolute atomic E-state index is 13.9. The third-order valence-corrected chi connectivity index (χ3v) is 3.22. The molecule has 1 aliphatic heterocycles. The Morgan fingerprint density at radius 1 is 1.37 bits per heavy atom. The van der Waals surface area contributed by atoms with Gasteiger partial charge in [-0.15, -0.1) is 0 Å². The van der Waals surface area contributed by atoms with E-state index in [1.807, 2.05) is 0 Å². The summed E-state index contributed by atoms with van der Waals surface area (Å²) < 4.78 is 29.3. The number of rotatable bonds is 4. The van der Waals surface area contributed by atoms with Crippen molar-refractivity contribution in [3.63, 3.8) is 0 Å². The van der Waals surface area contributed by atoms with E-state index < -0.39 is 24.5 Å². The molecule has 4 nitrogen and oxygen atoms in total. The Hall–Kier alpha value is -1.46. The van der Waals surface area contributed by atoms with Gasteiger partial charge in [0.1, 0.15) is 18.9 Å². The van der Waals surface area contributed by atoms with Crippen LogP contribution in [0.5, 0.6) is 0 Å². The van der Waals surface area contributed by atoms with E-state index in [1.165, 1.54) is 7.11 Å². The highest BCUT2D eigenvalue weighted by Crippen LogP contribution is 2.30. The molecular weight excluding hydrogens is 251 g/mol. The maximum Gasteiger partial charge on any atom is 0.338 e. The molecule has 2 rings (SSSR count). The van der Waals surface area contributed by atoms with Crippen molar-refractivity contribution in [2.24, 2.45) is 5.92 Å². The van der Waals surface area contributed by atoms with E-state index in [0.29, 0.717) is 5.56 Å². The fraction of sp³-hybridized carbons (Fsp3) is 0.500. The summed E-state index contributed by atoms with van der Waals surface area (Å²) in [6, 6.07) is 8.57. The first-order valence-corrected chi connectivity index (χ1v) is 6.18. The molecule has 0 bridgehead atoms. The number of hydrogen-bond acceptors (Lipinski definition) is 4. The minimum Gasteiger partial charge on any atom is -0.459 e. The highest BCUT2D eigenvalue weighted by molar-refractivity contribution is 5.89. The SMILES string of the molecule is COC1OC(COC(=O)c2ccccc2)C(F)C1C. The van der Waals surface area contributed by atoms with Crippen molar-refractivity contribution in [2.75, 3.05) is 13.7 Å². The lowest BCUT2D eigenvalue weighted by Gasteiger charge is -2.13. The van der Waals surface area contributed by atoms with Gasteiger partial charge in [-0.1, -0.05) is 25.1 Å². The average molecular weight is 268 g/mol. The van der Waals surface area contributed by atoms with Gasteiger partial charge in [0.05, 0.1) is 5.56 Å². The van der Waals surface area contributed by atoms with Gasteiger partial charge in [0.25, 0.3) is 0 Å². The molecule has 0 aliphatic carbocycles. The van der Waals surface area contributed by atoms with Gasteiger partial charge in [0.2, 0.25) is 0 Å². The molecular formula is C14H17FO4. The lowest BCUT2D eigenvalue weighted by molar-refractivity contribution is -0.137. The third-order valence-electron chi connectivity index (χ3n) is 3.22. The number of benzene rings is 1. The van der Waals surface area contributed by atoms with E-state index in [-0.39, 0.29) is 12.5 Å². The summed E-state index contributed by atoms with van der Waals surface area (Å²) in [5.74, 6) is -0.852. The number of alkyl halides is 1. The number of ether oxygens (including phenoxy) is 3. The first-order valence-electron chi connectivity index (χ1n) is 6.18. The molecule has 1 aliphatic rings. The number of halogens is 1. The van der Waals surface area contributed by atoms with Gasteiger partial charge in [-0.3, -0.25) is 0 Å². The molecule has 4 atom stereocenters. The zero-order valence-corrected chi connectivity index (χ0v) is 10.9. The fourth-order valence-corrected chi connectivity index (χ4v) is 2.08. The van der Waals surface area contributed by atoms with E-state index in [2.05, 4.69) is 0 Å². The molecule has 0 spiro atoms. The highest BCUT2D eigenvalue weighted by atomic mass is 19.1. The third kappa shape index (κ3) is 3.11. The second kappa shape index (κ2) is 6.12. The van der Waals surface area contributed by atoms with Gasteiger partial charge in [0, 0.05) is 13.0 Å². The minimum atomic E-state index is -1.20. The molecule has 5 heteroatoms. The standard InChI is InChI=1S/C14H17FO4/c1-9-12(15)11(19-14(9)17-2)8-18-13(16)10-6-4-3-5-7-10/h3-7,9,11-12,14H,8H2,1-2H3. The van der Waals surface area contributed by atoms with Gasteiger partial charge >= 0.3 is 5.97 Å². The molecule has 104 valence electrons. The lowest BCUT2D eigenvalue weighted by Crippen LogP contribution is -2.27. The van der Waals surface area contributed by atoms with Crippen molar-refractivity contribution >= 4 is 5.97 Å². The van der Waals surface area contributed by atoms with E-state index in [4.69, 9.17) is 14.2 Å². The lowest BCUT2D eigenvalue weighted by atomic mass is 10.1. The summed E-state index contributed by atoms with van der Waals surface area (Å²) in [6.45, 7) is 1.59. The van der Waals surface area contributed by atoms with Crippen LogP contribution in [-0.4, -0.2) is 38.3 Å². The first kappa shape index (κ1) is 14.0. The van der Waals surface area contributed by atoms with Crippen molar-refractivity contribution in [2.45, 2.75) is 25.5 Å². The molecule has 0 saturated carbocycles. The van der Waals surface area contributed by atoms with Crippen molar-refractivity contribution in [1.29, 1.82) is 0 Å². The fourth-order valence-electron chi connectivity index (χ4n) is 2.08. The van der Waals surface area contributed by atoms with Crippen LogP contribution in [0.4, 0.5) is 4.39 Å². The van der Waals surface area contributed by atoms with Crippen LogP contribution >= 0.6 is 0 Å². The second-order valence-corrected chi connectivity index (χ2v) is 4.55. The van der Waals surface area contributed by atoms with Gasteiger partial charge in [-0.25, -0.2) is 9.18 Å². The van der Waals surface area contributed by atoms with E-state index in [9.17, 15) is 9.18 Å². The highest BCUT2D eigenvalue weighted by Gasteiger charge is 2.43. The quantitative estimate of drug-likeness (QED) is 0.785. The zero-order chi connectivity index (χ0) is 13.8. The van der Waals surface area contributed by atoms with Gasteiger partial charge in [-0.2, -0.15) is 0 Å². The molecule has 4 unspecified atom stereocenters. The molecule has 1 aromatic carbocycles. The summed E-state index contributed by atoms with van der Waals surface area (Å²) in [5, 5.41) is 0. The van der Waals surface area contributed by atoms with Crippen molar-refractivity contribution in [3.8, 4) is 0 Å². The van der Waals surface area contributed by atoms with Crippen LogP contribution in [0.1, 0.15) is 17.3 Å². The number of carbonyl (C=O) groups excluding carboxylic acids is 1. The predicted molar refractivity (Wildman–Crippen MR) is 66.5 cm³/mol. The number of carbonyl (C=O) groups is 1. The number of esters is 1. The Labute approximate surface area is 111 Å².